The Bertz CT molecular complexity index is 450. The summed E-state index contributed by atoms with van der Waals surface area (Å²) >= 11 is 0. The Morgan fingerprint density at radius 1 is 1.62 bits per heavy atom. The van der Waals surface area contributed by atoms with E-state index in [-0.39, 0.29) is 0 Å². The van der Waals surface area contributed by atoms with Crippen molar-refractivity contribution in [3.8, 4) is 0 Å². The summed E-state index contributed by atoms with van der Waals surface area (Å²) in [5.74, 6) is 0. The van der Waals surface area contributed by atoms with Crippen molar-refractivity contribution in [2.75, 3.05) is 5.32 Å². The van der Waals surface area contributed by atoms with Gasteiger partial charge >= 0.3 is 6.09 Å². The smallest absolute Gasteiger partial charge is 0.409 e. The molecule has 0 bridgehead atoms. The quantitative estimate of drug-likeness (QED) is 0.677. The van der Waals surface area contributed by atoms with E-state index in [2.05, 4.69) is 15.4 Å². The van der Waals surface area contributed by atoms with Crippen LogP contribution in [0.5, 0.6) is 0 Å². The second-order valence-electron chi connectivity index (χ2n) is 2.40. The molecule has 0 saturated carbocycles. The number of carboxylic acid groups (broad SMARTS) is 1. The number of nitrogens with one attached hydrogen (secondary N) is 1. The molecule has 0 fully saturated rings. The average Bonchev–Trinajstić information content (AvgIpc) is 2.49. The van der Waals surface area contributed by atoms with Crippen molar-refractivity contribution in [2.45, 2.75) is 0 Å². The van der Waals surface area contributed by atoms with Crippen molar-refractivity contribution >= 4 is 17.4 Å². The van der Waals surface area contributed by atoms with Crippen molar-refractivity contribution in [2.24, 2.45) is 0 Å². The van der Waals surface area contributed by atoms with Crippen LogP contribution in [0.2, 0.25) is 0 Å². The Morgan fingerprint density at radius 2 is 2.46 bits per heavy atom. The van der Waals surface area contributed by atoms with E-state index in [0.29, 0.717) is 11.3 Å². The number of fused-ring (bicyclic) bond motifs is 1. The first kappa shape index (κ1) is 7.53. The Labute approximate surface area is 72.8 Å². The number of carbonyl (C=O) groups is 1. The van der Waals surface area contributed by atoms with E-state index >= 15 is 0 Å². The lowest BCUT2D eigenvalue weighted by Crippen LogP contribution is -2.08. The van der Waals surface area contributed by atoms with Crippen molar-refractivity contribution < 1.29 is 9.90 Å². The molecule has 0 saturated heterocycles. The zero-order valence-corrected chi connectivity index (χ0v) is 6.51. The maximum atomic E-state index is 10.3. The number of amides is 1. The highest BCUT2D eigenvalue weighted by Crippen LogP contribution is 2.07. The SMILES string of the molecule is O=C(O)Nc1cnn2ccnc2c1. The summed E-state index contributed by atoms with van der Waals surface area (Å²) in [6, 6.07) is 1.60. The topological polar surface area (TPSA) is 79.5 Å². The van der Waals surface area contributed by atoms with Crippen molar-refractivity contribution in [3.63, 3.8) is 0 Å². The first-order valence-electron chi connectivity index (χ1n) is 3.55. The fourth-order valence-electron chi connectivity index (χ4n) is 1.00. The number of aromatic nitrogens is 3. The summed E-state index contributed by atoms with van der Waals surface area (Å²) in [4.78, 5) is 14.2. The predicted octanol–water partition coefficient (Wildman–Crippen LogP) is 0.819. The molecule has 2 rings (SSSR count). The molecule has 0 aliphatic heterocycles. The van der Waals surface area contributed by atoms with Crippen LogP contribution >= 0.6 is 0 Å². The number of hydrogen-bond acceptors (Lipinski definition) is 3. The van der Waals surface area contributed by atoms with Crippen LogP contribution in [0, 0.1) is 0 Å². The molecule has 0 spiro atoms. The molecule has 2 aromatic rings. The van der Waals surface area contributed by atoms with Gasteiger partial charge in [0.1, 0.15) is 0 Å². The molecule has 0 atom stereocenters. The highest BCUT2D eigenvalue weighted by Gasteiger charge is 2.00. The second-order valence-corrected chi connectivity index (χ2v) is 2.40. The first-order valence-corrected chi connectivity index (χ1v) is 3.55. The van der Waals surface area contributed by atoms with Gasteiger partial charge in [0.15, 0.2) is 5.65 Å². The fraction of sp³-hybridized carbons (Fsp3) is 0. The molecule has 0 radical (unpaired) electrons. The number of rotatable bonds is 1. The average molecular weight is 178 g/mol. The van der Waals surface area contributed by atoms with E-state index in [4.69, 9.17) is 5.11 Å². The summed E-state index contributed by atoms with van der Waals surface area (Å²) in [5, 5.41) is 14.5. The van der Waals surface area contributed by atoms with E-state index in [9.17, 15) is 4.79 Å². The molecule has 2 N–H and O–H groups in total. The van der Waals surface area contributed by atoms with Crippen LogP contribution in [0.3, 0.4) is 0 Å². The maximum absolute atomic E-state index is 10.3. The monoisotopic (exact) mass is 178 g/mol. The van der Waals surface area contributed by atoms with Crippen molar-refractivity contribution in [1.82, 2.24) is 14.6 Å². The Kier molecular flexibility index (Phi) is 1.59. The van der Waals surface area contributed by atoms with Gasteiger partial charge in [0.05, 0.1) is 11.9 Å². The van der Waals surface area contributed by atoms with Gasteiger partial charge in [-0.3, -0.25) is 5.32 Å². The zero-order chi connectivity index (χ0) is 9.26. The predicted molar refractivity (Wildman–Crippen MR) is 44.6 cm³/mol. The van der Waals surface area contributed by atoms with E-state index < -0.39 is 6.09 Å². The minimum Gasteiger partial charge on any atom is -0.465 e. The number of hydrogen-bond donors (Lipinski definition) is 2. The van der Waals surface area contributed by atoms with Crippen LogP contribution in [0.1, 0.15) is 0 Å². The lowest BCUT2D eigenvalue weighted by molar-refractivity contribution is 0.209. The third-order valence-corrected chi connectivity index (χ3v) is 1.51. The van der Waals surface area contributed by atoms with Gasteiger partial charge in [-0.15, -0.1) is 0 Å². The van der Waals surface area contributed by atoms with Gasteiger partial charge in [-0.1, -0.05) is 0 Å². The highest BCUT2D eigenvalue weighted by atomic mass is 16.4. The third-order valence-electron chi connectivity index (χ3n) is 1.51. The number of anilines is 1. The molecule has 6 heteroatoms. The molecule has 0 unspecified atom stereocenters. The van der Waals surface area contributed by atoms with Gasteiger partial charge in [-0.25, -0.2) is 14.3 Å². The van der Waals surface area contributed by atoms with E-state index in [1.165, 1.54) is 6.20 Å². The molecule has 1 amide bonds. The van der Waals surface area contributed by atoms with Crippen LogP contribution in [0.4, 0.5) is 10.5 Å². The second kappa shape index (κ2) is 2.74. The van der Waals surface area contributed by atoms with Crippen LogP contribution in [-0.2, 0) is 0 Å². The minimum absolute atomic E-state index is 0.409. The summed E-state index contributed by atoms with van der Waals surface area (Å²) in [6.07, 6.45) is 3.58. The van der Waals surface area contributed by atoms with Gasteiger partial charge in [-0.05, 0) is 0 Å². The molecule has 66 valence electrons. The molecule has 0 aliphatic carbocycles. The Morgan fingerprint density at radius 3 is 3.23 bits per heavy atom. The lowest BCUT2D eigenvalue weighted by Gasteiger charge is -1.99. The number of imidazole rings is 1. The normalized spacial score (nSPS) is 10.2. The summed E-state index contributed by atoms with van der Waals surface area (Å²) in [5.41, 5.74) is 1.01. The molecule has 6 nitrogen and oxygen atoms in total. The van der Waals surface area contributed by atoms with Gasteiger partial charge < -0.3 is 5.11 Å². The van der Waals surface area contributed by atoms with Crippen LogP contribution < -0.4 is 5.32 Å². The van der Waals surface area contributed by atoms with Gasteiger partial charge in [0, 0.05) is 18.5 Å². The molecule has 2 aromatic heterocycles. The summed E-state index contributed by atoms with van der Waals surface area (Å²) in [6.45, 7) is 0. The molecule has 2 heterocycles. The van der Waals surface area contributed by atoms with Crippen LogP contribution in [0.25, 0.3) is 5.65 Å². The zero-order valence-electron chi connectivity index (χ0n) is 6.51. The summed E-state index contributed by atoms with van der Waals surface area (Å²) < 4.78 is 1.55. The number of nitrogens with zero attached hydrogens (tertiary/aromatic N) is 3. The fourth-order valence-corrected chi connectivity index (χ4v) is 1.00. The van der Waals surface area contributed by atoms with Gasteiger partial charge in [0.2, 0.25) is 0 Å². The third kappa shape index (κ3) is 1.41. The lowest BCUT2D eigenvalue weighted by atomic mass is 10.4. The molecular formula is C7H6N4O2. The van der Waals surface area contributed by atoms with Gasteiger partial charge in [0.25, 0.3) is 0 Å². The van der Waals surface area contributed by atoms with E-state index in [1.54, 1.807) is 23.0 Å². The first-order chi connectivity index (χ1) is 6.25. The Balaban J connectivity index is 2.42. The van der Waals surface area contributed by atoms with Crippen molar-refractivity contribution in [3.05, 3.63) is 24.7 Å². The van der Waals surface area contributed by atoms with E-state index in [0.717, 1.165) is 0 Å². The van der Waals surface area contributed by atoms with Crippen LogP contribution in [0.15, 0.2) is 24.7 Å². The molecular weight excluding hydrogens is 172 g/mol. The largest absolute Gasteiger partial charge is 0.465 e. The minimum atomic E-state index is -1.11. The summed E-state index contributed by atoms with van der Waals surface area (Å²) in [7, 11) is 0. The van der Waals surface area contributed by atoms with Crippen molar-refractivity contribution in [1.29, 1.82) is 0 Å². The van der Waals surface area contributed by atoms with Gasteiger partial charge in [-0.2, -0.15) is 5.10 Å². The van der Waals surface area contributed by atoms with Crippen LogP contribution in [-0.4, -0.2) is 25.8 Å². The molecule has 0 aliphatic rings. The Hall–Kier alpha value is -2.11. The van der Waals surface area contributed by atoms with E-state index in [1.807, 2.05) is 0 Å². The standard InChI is InChI=1S/C7H6N4O2/c12-7(13)10-5-3-6-8-1-2-11(6)9-4-5/h1-4,10H,(H,12,13). The highest BCUT2D eigenvalue weighted by molar-refractivity contribution is 5.83. The maximum Gasteiger partial charge on any atom is 0.409 e. The molecule has 13 heavy (non-hydrogen) atoms. The molecule has 0 aromatic carbocycles.